The standard InChI is InChI=1S/C22H19Cl2N5O/c1-11-6-7-12(10-11)20-25-15-8-9-16-19(17(15)21(30)28-20)29(2)22(26-16)27-18-13(23)4-3-5-14(18)24/h3-5,8-11H,6-7H2,1-2H3,(H,26,27)(H,25,28,30). The van der Waals surface area contributed by atoms with Crippen molar-refractivity contribution in [2.75, 3.05) is 5.32 Å². The van der Waals surface area contributed by atoms with Gasteiger partial charge in [0.25, 0.3) is 5.56 Å². The van der Waals surface area contributed by atoms with Gasteiger partial charge in [0.15, 0.2) is 0 Å². The van der Waals surface area contributed by atoms with Crippen molar-refractivity contribution >= 4 is 62.3 Å². The molecule has 2 heterocycles. The Morgan fingerprint density at radius 2 is 1.87 bits per heavy atom. The van der Waals surface area contributed by atoms with Crippen molar-refractivity contribution in [2.24, 2.45) is 13.0 Å². The van der Waals surface area contributed by atoms with Crippen LogP contribution in [0.3, 0.4) is 0 Å². The van der Waals surface area contributed by atoms with Crippen LogP contribution in [0.15, 0.2) is 41.2 Å². The quantitative estimate of drug-likeness (QED) is 0.430. The first-order chi connectivity index (χ1) is 14.4. The molecule has 0 aliphatic heterocycles. The summed E-state index contributed by atoms with van der Waals surface area (Å²) in [5.41, 5.74) is 3.53. The number of halogens is 2. The molecule has 2 aromatic carbocycles. The van der Waals surface area contributed by atoms with E-state index in [1.165, 1.54) is 0 Å². The van der Waals surface area contributed by atoms with E-state index in [-0.39, 0.29) is 5.56 Å². The van der Waals surface area contributed by atoms with E-state index in [1.807, 2.05) is 23.7 Å². The van der Waals surface area contributed by atoms with Gasteiger partial charge in [-0.1, -0.05) is 42.3 Å². The van der Waals surface area contributed by atoms with Crippen LogP contribution in [0.25, 0.3) is 27.5 Å². The van der Waals surface area contributed by atoms with Crippen LogP contribution >= 0.6 is 23.2 Å². The number of H-pyrrole nitrogens is 1. The number of imidazole rings is 1. The van der Waals surface area contributed by atoms with Gasteiger partial charge in [0.1, 0.15) is 5.82 Å². The van der Waals surface area contributed by atoms with Crippen LogP contribution in [0, 0.1) is 5.92 Å². The molecule has 5 rings (SSSR count). The van der Waals surface area contributed by atoms with Crippen LogP contribution < -0.4 is 10.9 Å². The molecule has 1 aliphatic rings. The number of aromatic amines is 1. The second-order valence-electron chi connectivity index (χ2n) is 7.67. The van der Waals surface area contributed by atoms with E-state index in [0.717, 1.165) is 18.4 Å². The Kier molecular flexibility index (Phi) is 4.56. The highest BCUT2D eigenvalue weighted by atomic mass is 35.5. The summed E-state index contributed by atoms with van der Waals surface area (Å²) in [6, 6.07) is 9.00. The SMILES string of the molecule is CC1C=C(c2nc3ccc4nc(Nc5c(Cl)cccc5Cl)n(C)c4c3c(=O)[nH]2)CC1. The van der Waals surface area contributed by atoms with Crippen molar-refractivity contribution in [3.8, 4) is 0 Å². The number of hydrogen-bond acceptors (Lipinski definition) is 4. The minimum atomic E-state index is -0.175. The monoisotopic (exact) mass is 439 g/mol. The lowest BCUT2D eigenvalue weighted by atomic mass is 10.1. The molecule has 152 valence electrons. The summed E-state index contributed by atoms with van der Waals surface area (Å²) in [6.45, 7) is 2.17. The summed E-state index contributed by atoms with van der Waals surface area (Å²) in [6.07, 6.45) is 4.19. The smallest absolute Gasteiger partial charge is 0.261 e. The normalized spacial score (nSPS) is 16.4. The molecule has 1 unspecified atom stereocenters. The highest BCUT2D eigenvalue weighted by Crippen LogP contribution is 2.34. The molecule has 0 bridgehead atoms. The number of hydrogen-bond donors (Lipinski definition) is 2. The Balaban J connectivity index is 1.67. The molecular formula is C22H19Cl2N5O. The van der Waals surface area contributed by atoms with Crippen LogP contribution in [0.1, 0.15) is 25.6 Å². The summed E-state index contributed by atoms with van der Waals surface area (Å²) >= 11 is 12.6. The molecule has 1 atom stereocenters. The summed E-state index contributed by atoms with van der Waals surface area (Å²) < 4.78 is 1.82. The molecule has 0 saturated carbocycles. The van der Waals surface area contributed by atoms with Crippen molar-refractivity contribution in [1.82, 2.24) is 19.5 Å². The van der Waals surface area contributed by atoms with Gasteiger partial charge in [-0.3, -0.25) is 4.79 Å². The lowest BCUT2D eigenvalue weighted by Gasteiger charge is -2.10. The second-order valence-corrected chi connectivity index (χ2v) is 8.48. The van der Waals surface area contributed by atoms with Gasteiger partial charge in [0, 0.05) is 7.05 Å². The van der Waals surface area contributed by atoms with Gasteiger partial charge in [0.2, 0.25) is 5.95 Å². The number of aromatic nitrogens is 4. The summed E-state index contributed by atoms with van der Waals surface area (Å²) in [5.74, 6) is 1.69. The molecule has 4 aromatic rings. The number of nitrogens with one attached hydrogen (secondary N) is 2. The Bertz CT molecular complexity index is 1380. The van der Waals surface area contributed by atoms with E-state index >= 15 is 0 Å². The highest BCUT2D eigenvalue weighted by molar-refractivity contribution is 6.39. The third kappa shape index (κ3) is 3.07. The topological polar surface area (TPSA) is 75.6 Å². The maximum Gasteiger partial charge on any atom is 0.261 e. The zero-order chi connectivity index (χ0) is 21.0. The van der Waals surface area contributed by atoms with E-state index in [0.29, 0.717) is 55.4 Å². The first-order valence-electron chi connectivity index (χ1n) is 9.74. The van der Waals surface area contributed by atoms with E-state index < -0.39 is 0 Å². The summed E-state index contributed by atoms with van der Waals surface area (Å²) in [7, 11) is 1.84. The van der Waals surface area contributed by atoms with Gasteiger partial charge in [-0.25, -0.2) is 9.97 Å². The number of aryl methyl sites for hydroxylation is 1. The zero-order valence-corrected chi connectivity index (χ0v) is 18.0. The lowest BCUT2D eigenvalue weighted by Crippen LogP contribution is -2.12. The Labute approximate surface area is 182 Å². The fourth-order valence-corrected chi connectivity index (χ4v) is 4.51. The van der Waals surface area contributed by atoms with E-state index in [2.05, 4.69) is 28.3 Å². The van der Waals surface area contributed by atoms with Crippen molar-refractivity contribution in [3.05, 3.63) is 62.6 Å². The van der Waals surface area contributed by atoms with Gasteiger partial charge in [0.05, 0.1) is 37.7 Å². The molecular weight excluding hydrogens is 421 g/mol. The van der Waals surface area contributed by atoms with Crippen LogP contribution in [-0.4, -0.2) is 19.5 Å². The van der Waals surface area contributed by atoms with Crippen molar-refractivity contribution in [2.45, 2.75) is 19.8 Å². The van der Waals surface area contributed by atoms with Crippen molar-refractivity contribution in [1.29, 1.82) is 0 Å². The minimum Gasteiger partial charge on any atom is -0.323 e. The van der Waals surface area contributed by atoms with E-state index in [9.17, 15) is 4.79 Å². The molecule has 30 heavy (non-hydrogen) atoms. The predicted octanol–water partition coefficient (Wildman–Crippen LogP) is 5.67. The first kappa shape index (κ1) is 19.2. The van der Waals surface area contributed by atoms with Gasteiger partial charge in [-0.15, -0.1) is 0 Å². The fourth-order valence-electron chi connectivity index (χ4n) is 4.01. The van der Waals surface area contributed by atoms with Gasteiger partial charge in [-0.2, -0.15) is 0 Å². The Hall–Kier alpha value is -2.83. The zero-order valence-electron chi connectivity index (χ0n) is 16.5. The van der Waals surface area contributed by atoms with Crippen LogP contribution in [0.2, 0.25) is 10.0 Å². The summed E-state index contributed by atoms with van der Waals surface area (Å²) in [4.78, 5) is 25.4. The highest BCUT2D eigenvalue weighted by Gasteiger charge is 2.19. The molecule has 0 amide bonds. The second kappa shape index (κ2) is 7.15. The Morgan fingerprint density at radius 1 is 1.13 bits per heavy atom. The van der Waals surface area contributed by atoms with Gasteiger partial charge < -0.3 is 14.9 Å². The predicted molar refractivity (Wildman–Crippen MR) is 123 cm³/mol. The number of benzene rings is 2. The fraction of sp³-hybridized carbons (Fsp3) is 0.227. The largest absolute Gasteiger partial charge is 0.323 e. The third-order valence-corrected chi connectivity index (χ3v) is 6.19. The Morgan fingerprint density at radius 3 is 2.57 bits per heavy atom. The lowest BCUT2D eigenvalue weighted by molar-refractivity contribution is 0.702. The maximum atomic E-state index is 13.1. The average Bonchev–Trinajstić information content (AvgIpc) is 3.28. The summed E-state index contributed by atoms with van der Waals surface area (Å²) in [5, 5.41) is 4.68. The van der Waals surface area contributed by atoms with Crippen LogP contribution in [0.4, 0.5) is 11.6 Å². The molecule has 8 heteroatoms. The van der Waals surface area contributed by atoms with Crippen molar-refractivity contribution in [3.63, 3.8) is 0 Å². The number of para-hydroxylation sites is 1. The molecule has 0 spiro atoms. The van der Waals surface area contributed by atoms with E-state index in [4.69, 9.17) is 28.2 Å². The molecule has 1 aliphatic carbocycles. The van der Waals surface area contributed by atoms with E-state index in [1.54, 1.807) is 18.2 Å². The number of rotatable bonds is 3. The molecule has 2 N–H and O–H groups in total. The molecule has 0 fully saturated rings. The molecule has 6 nitrogen and oxygen atoms in total. The van der Waals surface area contributed by atoms with Gasteiger partial charge >= 0.3 is 0 Å². The third-order valence-electron chi connectivity index (χ3n) is 5.56. The van der Waals surface area contributed by atoms with Crippen molar-refractivity contribution < 1.29 is 0 Å². The number of nitrogens with zero attached hydrogens (tertiary/aromatic N) is 3. The first-order valence-corrected chi connectivity index (χ1v) is 10.5. The maximum absolute atomic E-state index is 13.1. The number of allylic oxidation sites excluding steroid dienone is 2. The molecule has 0 radical (unpaired) electrons. The number of anilines is 2. The minimum absolute atomic E-state index is 0.175. The molecule has 0 saturated heterocycles. The van der Waals surface area contributed by atoms with Crippen LogP contribution in [0.5, 0.6) is 0 Å². The molecule has 2 aromatic heterocycles. The number of fused-ring (bicyclic) bond motifs is 3. The average molecular weight is 440 g/mol. The van der Waals surface area contributed by atoms with Crippen LogP contribution in [-0.2, 0) is 7.05 Å². The van der Waals surface area contributed by atoms with Gasteiger partial charge in [-0.05, 0) is 48.6 Å².